The van der Waals surface area contributed by atoms with Gasteiger partial charge in [-0.2, -0.15) is 0 Å². The van der Waals surface area contributed by atoms with Crippen LogP contribution in [-0.2, 0) is 16.1 Å². The lowest BCUT2D eigenvalue weighted by Crippen LogP contribution is -2.56. The molecule has 1 aliphatic carbocycles. The summed E-state index contributed by atoms with van der Waals surface area (Å²) in [5.74, 6) is -0.525. The minimum atomic E-state index is -0.756. The van der Waals surface area contributed by atoms with E-state index in [1.54, 1.807) is 29.3 Å². The van der Waals surface area contributed by atoms with E-state index in [0.29, 0.717) is 28.5 Å². The number of nitrogens with one attached hydrogen (secondary N) is 1. The van der Waals surface area contributed by atoms with E-state index in [0.717, 1.165) is 25.0 Å². The Morgan fingerprint density at radius 3 is 2.63 bits per heavy atom. The zero-order valence-electron chi connectivity index (χ0n) is 16.4. The number of carbonyl (C=O) groups is 2. The molecule has 2 aliphatic rings. The van der Waals surface area contributed by atoms with Crippen LogP contribution in [0.25, 0.3) is 0 Å². The fourth-order valence-electron chi connectivity index (χ4n) is 4.24. The van der Waals surface area contributed by atoms with Crippen LogP contribution in [0.1, 0.15) is 48.2 Å². The maximum Gasteiger partial charge on any atom is 0.256 e. The third-order valence-electron chi connectivity index (χ3n) is 5.75. The lowest BCUT2D eigenvalue weighted by atomic mass is 9.89. The van der Waals surface area contributed by atoms with Gasteiger partial charge in [0.2, 0.25) is 5.91 Å². The van der Waals surface area contributed by atoms with Crippen LogP contribution in [0.15, 0.2) is 42.6 Å². The Morgan fingerprint density at radius 2 is 1.93 bits per heavy atom. The third-order valence-corrected chi connectivity index (χ3v) is 6.49. The summed E-state index contributed by atoms with van der Waals surface area (Å²) in [5, 5.41) is 3.58. The Kier molecular flexibility index (Phi) is 6.27. The summed E-state index contributed by atoms with van der Waals surface area (Å²) in [6.07, 6.45) is 6.10. The Hall–Kier alpha value is -2.15. The van der Waals surface area contributed by atoms with Crippen LogP contribution in [0.5, 0.6) is 0 Å². The van der Waals surface area contributed by atoms with Gasteiger partial charge in [-0.1, -0.05) is 35.7 Å². The highest BCUT2D eigenvalue weighted by Crippen LogP contribution is 2.41. The summed E-state index contributed by atoms with van der Waals surface area (Å²) in [4.78, 5) is 32.4. The molecule has 4 rings (SSSR count). The van der Waals surface area contributed by atoms with Gasteiger partial charge in [-0.25, -0.2) is 0 Å². The average molecular weight is 448 g/mol. The molecule has 158 valence electrons. The van der Waals surface area contributed by atoms with Gasteiger partial charge in [0.15, 0.2) is 0 Å². The molecule has 0 radical (unpaired) electrons. The first kappa shape index (κ1) is 21.1. The number of hydrogen-bond acceptors (Lipinski definition) is 4. The largest absolute Gasteiger partial charge is 0.353 e. The maximum atomic E-state index is 13.5. The van der Waals surface area contributed by atoms with E-state index in [4.69, 9.17) is 27.9 Å². The molecule has 1 aliphatic heterocycles. The molecule has 2 fully saturated rings. The van der Waals surface area contributed by atoms with Crippen molar-refractivity contribution in [1.29, 1.82) is 0 Å². The van der Waals surface area contributed by atoms with Gasteiger partial charge in [-0.3, -0.25) is 19.5 Å². The molecule has 2 amide bonds. The maximum absolute atomic E-state index is 13.5. The Morgan fingerprint density at radius 1 is 1.13 bits per heavy atom. The summed E-state index contributed by atoms with van der Waals surface area (Å²) in [6, 6.07) is 9.59. The lowest BCUT2D eigenvalue weighted by Gasteiger charge is -2.41. The van der Waals surface area contributed by atoms with Gasteiger partial charge >= 0.3 is 0 Å². The van der Waals surface area contributed by atoms with Gasteiger partial charge < -0.3 is 10.1 Å². The topological polar surface area (TPSA) is 71.5 Å². The molecule has 1 N–H and O–H groups in total. The van der Waals surface area contributed by atoms with Gasteiger partial charge in [-0.05, 0) is 56.0 Å². The molecular weight excluding hydrogens is 425 g/mol. The van der Waals surface area contributed by atoms with Crippen molar-refractivity contribution >= 4 is 35.0 Å². The van der Waals surface area contributed by atoms with E-state index in [1.807, 2.05) is 18.2 Å². The van der Waals surface area contributed by atoms with Crippen LogP contribution in [0, 0.1) is 0 Å². The molecule has 1 spiro atoms. The predicted octanol–water partition coefficient (Wildman–Crippen LogP) is 4.21. The normalized spacial score (nSPS) is 20.3. The number of carbonyl (C=O) groups excluding carboxylic acids is 2. The summed E-state index contributed by atoms with van der Waals surface area (Å²) >= 11 is 12.2. The zero-order chi connectivity index (χ0) is 21.1. The van der Waals surface area contributed by atoms with Crippen LogP contribution >= 0.6 is 23.2 Å². The molecule has 1 aromatic carbocycles. The number of halogens is 2. The summed E-state index contributed by atoms with van der Waals surface area (Å²) < 4.78 is 6.15. The van der Waals surface area contributed by atoms with Crippen LogP contribution < -0.4 is 5.32 Å². The number of benzene rings is 1. The second-order valence-electron chi connectivity index (χ2n) is 7.68. The van der Waals surface area contributed by atoms with E-state index in [1.165, 1.54) is 0 Å². The number of pyridine rings is 1. The van der Waals surface area contributed by atoms with Crippen molar-refractivity contribution in [1.82, 2.24) is 15.2 Å². The van der Waals surface area contributed by atoms with E-state index < -0.39 is 11.8 Å². The van der Waals surface area contributed by atoms with Crippen LogP contribution in [0.4, 0.5) is 0 Å². The van der Waals surface area contributed by atoms with Crippen LogP contribution in [0.2, 0.25) is 10.0 Å². The second-order valence-corrected chi connectivity index (χ2v) is 8.49. The fourth-order valence-corrected chi connectivity index (χ4v) is 4.54. The van der Waals surface area contributed by atoms with Crippen molar-refractivity contribution in [2.45, 2.75) is 50.4 Å². The summed E-state index contributed by atoms with van der Waals surface area (Å²) in [6.45, 7) is 0.457. The van der Waals surface area contributed by atoms with Crippen molar-refractivity contribution in [3.8, 4) is 0 Å². The Bertz CT molecular complexity index is 932. The third kappa shape index (κ3) is 4.17. The molecule has 2 aromatic rings. The van der Waals surface area contributed by atoms with Gasteiger partial charge in [-0.15, -0.1) is 0 Å². The number of nitrogens with zero attached hydrogens (tertiary/aromatic N) is 2. The molecule has 6 nitrogen and oxygen atoms in total. The molecule has 1 unspecified atom stereocenters. The van der Waals surface area contributed by atoms with E-state index in [2.05, 4.69) is 10.3 Å². The molecule has 1 saturated carbocycles. The zero-order valence-corrected chi connectivity index (χ0v) is 18.0. The molecule has 8 heteroatoms. The van der Waals surface area contributed by atoms with E-state index >= 15 is 0 Å². The molecule has 2 heterocycles. The first-order valence-corrected chi connectivity index (χ1v) is 10.9. The average Bonchev–Trinajstić information content (AvgIpc) is 3.13. The van der Waals surface area contributed by atoms with E-state index in [-0.39, 0.29) is 25.0 Å². The Balaban J connectivity index is 1.59. The monoisotopic (exact) mass is 447 g/mol. The first-order valence-electron chi connectivity index (χ1n) is 10.1. The van der Waals surface area contributed by atoms with Gasteiger partial charge in [0, 0.05) is 11.8 Å². The highest BCUT2D eigenvalue weighted by molar-refractivity contribution is 6.42. The smallest absolute Gasteiger partial charge is 0.256 e. The quantitative estimate of drug-likeness (QED) is 0.761. The Labute approximate surface area is 185 Å². The highest BCUT2D eigenvalue weighted by Gasteiger charge is 2.52. The number of hydrogen-bond donors (Lipinski definition) is 1. The van der Waals surface area contributed by atoms with E-state index in [9.17, 15) is 9.59 Å². The number of rotatable bonds is 4. The summed E-state index contributed by atoms with van der Waals surface area (Å²) in [5.41, 5.74) is 0.385. The van der Waals surface area contributed by atoms with Crippen molar-refractivity contribution in [2.75, 3.05) is 6.61 Å². The second kappa shape index (κ2) is 8.92. The number of aromatic nitrogens is 1. The molecule has 1 aromatic heterocycles. The van der Waals surface area contributed by atoms with Gasteiger partial charge in [0.1, 0.15) is 11.8 Å². The minimum absolute atomic E-state index is 0.168. The fraction of sp³-hybridized carbons (Fsp3) is 0.409. The number of ether oxygens (including phenoxy) is 1. The van der Waals surface area contributed by atoms with Gasteiger partial charge in [0.05, 0.1) is 28.9 Å². The van der Waals surface area contributed by atoms with Crippen molar-refractivity contribution in [3.05, 3.63) is 63.9 Å². The molecule has 1 saturated heterocycles. The highest BCUT2D eigenvalue weighted by atomic mass is 35.5. The van der Waals surface area contributed by atoms with Crippen molar-refractivity contribution < 1.29 is 14.3 Å². The standard InChI is InChI=1S/C22H23Cl2N3O3/c23-17-8-7-15(12-18(17)24)21(29)27-19(14-30-22(27)9-3-1-4-10-22)20(28)26-13-16-6-2-5-11-25-16/h2,5-8,11-12,19H,1,3-4,9-10,13-14H2,(H,26,28). The number of amides is 2. The lowest BCUT2D eigenvalue weighted by molar-refractivity contribution is -0.127. The first-order chi connectivity index (χ1) is 14.5. The minimum Gasteiger partial charge on any atom is -0.353 e. The van der Waals surface area contributed by atoms with Crippen LogP contribution in [-0.4, -0.2) is 40.1 Å². The molecule has 1 atom stereocenters. The molecule has 30 heavy (non-hydrogen) atoms. The van der Waals surface area contributed by atoms with Crippen LogP contribution in [0.3, 0.4) is 0 Å². The SMILES string of the molecule is O=C(NCc1ccccn1)C1COC2(CCCCC2)N1C(=O)c1ccc(Cl)c(Cl)c1. The summed E-state index contributed by atoms with van der Waals surface area (Å²) in [7, 11) is 0. The van der Waals surface area contributed by atoms with Gasteiger partial charge in [0.25, 0.3) is 5.91 Å². The molecular formula is C22H23Cl2N3O3. The van der Waals surface area contributed by atoms with Crippen molar-refractivity contribution in [2.24, 2.45) is 0 Å². The van der Waals surface area contributed by atoms with Crippen molar-refractivity contribution in [3.63, 3.8) is 0 Å². The molecule has 0 bridgehead atoms. The predicted molar refractivity (Wildman–Crippen MR) is 114 cm³/mol.